The first kappa shape index (κ1) is 8.22. The van der Waals surface area contributed by atoms with Gasteiger partial charge in [-0.25, -0.2) is 0 Å². The van der Waals surface area contributed by atoms with E-state index in [0.717, 1.165) is 6.42 Å². The Morgan fingerprint density at radius 3 is 2.08 bits per heavy atom. The number of amides is 2. The van der Waals surface area contributed by atoms with E-state index >= 15 is 0 Å². The van der Waals surface area contributed by atoms with E-state index in [4.69, 9.17) is 0 Å². The van der Waals surface area contributed by atoms with Gasteiger partial charge in [0.2, 0.25) is 17.8 Å². The van der Waals surface area contributed by atoms with Gasteiger partial charge in [-0.1, -0.05) is 6.42 Å². The molecular formula is C8H11N3O2. The normalized spacial score (nSPS) is 24.8. The lowest BCUT2D eigenvalue weighted by molar-refractivity contribution is -0.149. The van der Waals surface area contributed by atoms with Crippen molar-refractivity contribution < 1.29 is 9.59 Å². The van der Waals surface area contributed by atoms with Gasteiger partial charge in [0.15, 0.2) is 0 Å². The Bertz CT molecular complexity index is 283. The summed E-state index contributed by atoms with van der Waals surface area (Å²) in [6.07, 6.45) is 2.25. The predicted molar refractivity (Wildman–Crippen MR) is 45.9 cm³/mol. The van der Waals surface area contributed by atoms with Gasteiger partial charge in [-0.05, 0) is 12.8 Å². The zero-order valence-electron chi connectivity index (χ0n) is 7.39. The highest BCUT2D eigenvalue weighted by Crippen LogP contribution is 2.42. The SMILES string of the molecule is CN=C1NC(=O)C2(CCC2)C(=O)N1. The monoisotopic (exact) mass is 181 g/mol. The molecule has 1 heterocycles. The van der Waals surface area contributed by atoms with Gasteiger partial charge in [0.25, 0.3) is 0 Å². The maximum Gasteiger partial charge on any atom is 0.242 e. The molecule has 2 aliphatic rings. The molecule has 0 aromatic carbocycles. The van der Waals surface area contributed by atoms with Crippen LogP contribution in [0.4, 0.5) is 0 Å². The minimum Gasteiger partial charge on any atom is -0.295 e. The third-order valence-electron chi connectivity index (χ3n) is 2.76. The number of nitrogens with one attached hydrogen (secondary N) is 2. The lowest BCUT2D eigenvalue weighted by Gasteiger charge is -2.41. The third kappa shape index (κ3) is 0.961. The molecule has 0 aromatic heterocycles. The minimum atomic E-state index is -0.784. The van der Waals surface area contributed by atoms with Crippen LogP contribution in [0.25, 0.3) is 0 Å². The lowest BCUT2D eigenvalue weighted by atomic mass is 9.66. The van der Waals surface area contributed by atoms with E-state index < -0.39 is 5.41 Å². The fourth-order valence-corrected chi connectivity index (χ4v) is 1.68. The van der Waals surface area contributed by atoms with Crippen molar-refractivity contribution in [1.29, 1.82) is 0 Å². The van der Waals surface area contributed by atoms with Crippen molar-refractivity contribution in [2.75, 3.05) is 7.05 Å². The summed E-state index contributed by atoms with van der Waals surface area (Å²) in [5.74, 6) is -0.154. The van der Waals surface area contributed by atoms with Gasteiger partial charge >= 0.3 is 0 Å². The maximum absolute atomic E-state index is 11.5. The van der Waals surface area contributed by atoms with Crippen molar-refractivity contribution in [2.24, 2.45) is 10.4 Å². The van der Waals surface area contributed by atoms with Crippen molar-refractivity contribution in [2.45, 2.75) is 19.3 Å². The molecule has 5 nitrogen and oxygen atoms in total. The van der Waals surface area contributed by atoms with Gasteiger partial charge in [0.1, 0.15) is 5.41 Å². The molecule has 2 rings (SSSR count). The topological polar surface area (TPSA) is 70.6 Å². The Hall–Kier alpha value is -1.39. The number of nitrogens with zero attached hydrogens (tertiary/aromatic N) is 1. The van der Waals surface area contributed by atoms with E-state index in [9.17, 15) is 9.59 Å². The second-order valence-electron chi connectivity index (χ2n) is 3.42. The molecule has 13 heavy (non-hydrogen) atoms. The second-order valence-corrected chi connectivity index (χ2v) is 3.42. The molecule has 2 N–H and O–H groups in total. The Labute approximate surface area is 75.6 Å². The highest BCUT2D eigenvalue weighted by Gasteiger charge is 2.53. The third-order valence-corrected chi connectivity index (χ3v) is 2.76. The summed E-state index contributed by atoms with van der Waals surface area (Å²) in [6.45, 7) is 0. The quantitative estimate of drug-likeness (QED) is 0.489. The molecule has 0 atom stereocenters. The molecule has 1 aliphatic heterocycles. The predicted octanol–water partition coefficient (Wildman–Crippen LogP) is -0.612. The van der Waals surface area contributed by atoms with Crippen LogP contribution in [0.3, 0.4) is 0 Å². The molecular weight excluding hydrogens is 170 g/mol. The van der Waals surface area contributed by atoms with E-state index in [-0.39, 0.29) is 17.8 Å². The van der Waals surface area contributed by atoms with E-state index in [2.05, 4.69) is 15.6 Å². The van der Waals surface area contributed by atoms with Gasteiger partial charge in [-0.3, -0.25) is 25.2 Å². The molecule has 1 saturated heterocycles. The van der Waals surface area contributed by atoms with Crippen LogP contribution in [0.5, 0.6) is 0 Å². The fraction of sp³-hybridized carbons (Fsp3) is 0.625. The van der Waals surface area contributed by atoms with Gasteiger partial charge in [-0.2, -0.15) is 0 Å². The Morgan fingerprint density at radius 2 is 1.77 bits per heavy atom. The average molecular weight is 181 g/mol. The molecule has 1 aliphatic carbocycles. The van der Waals surface area contributed by atoms with Crippen molar-refractivity contribution >= 4 is 17.8 Å². The zero-order chi connectivity index (χ0) is 9.47. The molecule has 70 valence electrons. The molecule has 1 saturated carbocycles. The summed E-state index contributed by atoms with van der Waals surface area (Å²) in [5.41, 5.74) is -0.784. The Balaban J connectivity index is 2.25. The number of carbonyl (C=O) groups excluding carboxylic acids is 2. The summed E-state index contributed by atoms with van der Waals surface area (Å²) in [7, 11) is 1.52. The number of hydrogen-bond donors (Lipinski definition) is 2. The number of carbonyl (C=O) groups is 2. The molecule has 2 amide bonds. The van der Waals surface area contributed by atoms with Crippen LogP contribution in [0, 0.1) is 5.41 Å². The highest BCUT2D eigenvalue weighted by molar-refractivity contribution is 6.20. The van der Waals surface area contributed by atoms with Gasteiger partial charge in [-0.15, -0.1) is 0 Å². The van der Waals surface area contributed by atoms with E-state index in [0.29, 0.717) is 12.8 Å². The van der Waals surface area contributed by atoms with Gasteiger partial charge < -0.3 is 0 Å². The van der Waals surface area contributed by atoms with Crippen molar-refractivity contribution in [3.05, 3.63) is 0 Å². The molecule has 2 fully saturated rings. The van der Waals surface area contributed by atoms with E-state index in [1.165, 1.54) is 7.05 Å². The van der Waals surface area contributed by atoms with Crippen LogP contribution >= 0.6 is 0 Å². The molecule has 0 aromatic rings. The van der Waals surface area contributed by atoms with Crippen molar-refractivity contribution in [3.63, 3.8) is 0 Å². The fourth-order valence-electron chi connectivity index (χ4n) is 1.68. The van der Waals surface area contributed by atoms with E-state index in [1.54, 1.807) is 0 Å². The summed E-state index contributed by atoms with van der Waals surface area (Å²) < 4.78 is 0. The van der Waals surface area contributed by atoms with Crippen LogP contribution in [0.1, 0.15) is 19.3 Å². The van der Waals surface area contributed by atoms with E-state index in [1.807, 2.05) is 0 Å². The first-order valence-corrected chi connectivity index (χ1v) is 4.29. The van der Waals surface area contributed by atoms with Crippen LogP contribution in [0.2, 0.25) is 0 Å². The number of guanidine groups is 1. The molecule has 0 bridgehead atoms. The first-order valence-electron chi connectivity index (χ1n) is 4.29. The minimum absolute atomic E-state index is 0.205. The van der Waals surface area contributed by atoms with Crippen LogP contribution in [-0.2, 0) is 9.59 Å². The van der Waals surface area contributed by atoms with Crippen LogP contribution < -0.4 is 10.6 Å². The zero-order valence-corrected chi connectivity index (χ0v) is 7.39. The highest BCUT2D eigenvalue weighted by atomic mass is 16.2. The average Bonchev–Trinajstić information content (AvgIpc) is 2.00. The number of hydrogen-bond acceptors (Lipinski definition) is 3. The van der Waals surface area contributed by atoms with Gasteiger partial charge in [0, 0.05) is 7.05 Å². The molecule has 5 heteroatoms. The van der Waals surface area contributed by atoms with Crippen molar-refractivity contribution in [1.82, 2.24) is 10.6 Å². The Morgan fingerprint density at radius 1 is 1.23 bits per heavy atom. The lowest BCUT2D eigenvalue weighted by Crippen LogP contribution is -2.65. The van der Waals surface area contributed by atoms with Gasteiger partial charge in [0.05, 0.1) is 0 Å². The number of rotatable bonds is 0. The molecule has 1 spiro atoms. The summed E-state index contributed by atoms with van der Waals surface area (Å²) >= 11 is 0. The smallest absolute Gasteiger partial charge is 0.242 e. The maximum atomic E-state index is 11.5. The van der Waals surface area contributed by atoms with Crippen LogP contribution in [0.15, 0.2) is 4.99 Å². The largest absolute Gasteiger partial charge is 0.295 e. The molecule has 0 unspecified atom stereocenters. The summed E-state index contributed by atoms with van der Waals surface area (Å²) in [4.78, 5) is 26.8. The van der Waals surface area contributed by atoms with Crippen molar-refractivity contribution in [3.8, 4) is 0 Å². The summed E-state index contributed by atoms with van der Waals surface area (Å²) in [6, 6.07) is 0. The van der Waals surface area contributed by atoms with Crippen LogP contribution in [-0.4, -0.2) is 24.8 Å². The summed E-state index contributed by atoms with van der Waals surface area (Å²) in [5, 5.41) is 5.14. The standard InChI is InChI=1S/C8H11N3O2/c1-9-7-10-5(12)8(3-2-4-8)6(13)11-7/h2-4H2,1H3,(H2,9,10,11,12,13). The Kier molecular flexibility index (Phi) is 1.61. The molecule has 0 radical (unpaired) electrons. The second kappa shape index (κ2) is 2.55. The first-order chi connectivity index (χ1) is 6.19. The number of aliphatic imine (C=N–C) groups is 1.